The Balaban J connectivity index is 0.00000380. The first-order chi connectivity index (χ1) is 16.7. The Labute approximate surface area is 213 Å². The number of nitrogens with two attached hydrogens (primary N) is 1. The van der Waals surface area contributed by atoms with E-state index in [-0.39, 0.29) is 40.2 Å². The maximum Gasteiger partial charge on any atom is 0.416 e. The minimum atomic E-state index is -4.79. The second kappa shape index (κ2) is 9.70. The average molecular weight is 577 g/mol. The van der Waals surface area contributed by atoms with E-state index in [4.69, 9.17) is 10.2 Å². The number of sulfonamides is 1. The Morgan fingerprint density at radius 3 is 2.22 bits per heavy atom. The highest BCUT2D eigenvalue weighted by atomic mass is 35.5. The summed E-state index contributed by atoms with van der Waals surface area (Å²) >= 11 is 0. The molecule has 3 aromatic carbocycles. The van der Waals surface area contributed by atoms with Crippen LogP contribution in [-0.2, 0) is 26.3 Å². The molecule has 1 heterocycles. The van der Waals surface area contributed by atoms with Crippen molar-refractivity contribution in [3.63, 3.8) is 0 Å². The molecule has 0 saturated carbocycles. The predicted molar refractivity (Wildman–Crippen MR) is 132 cm³/mol. The summed E-state index contributed by atoms with van der Waals surface area (Å²) < 4.78 is 105. The Morgan fingerprint density at radius 2 is 1.57 bits per heavy atom. The van der Waals surface area contributed by atoms with Crippen LogP contribution in [0.2, 0.25) is 0 Å². The number of anilines is 2. The smallest absolute Gasteiger partial charge is 0.416 e. The third-order valence-electron chi connectivity index (χ3n) is 5.05. The second-order valence-corrected chi connectivity index (χ2v) is 10.6. The maximum atomic E-state index is 13.0. The maximum absolute atomic E-state index is 13.0. The van der Waals surface area contributed by atoms with Crippen LogP contribution in [0.4, 0.5) is 24.5 Å². The van der Waals surface area contributed by atoms with Gasteiger partial charge in [-0.1, -0.05) is 24.3 Å². The number of benzene rings is 3. The van der Waals surface area contributed by atoms with Gasteiger partial charge in [-0.05, 0) is 42.5 Å². The highest BCUT2D eigenvalue weighted by molar-refractivity contribution is 7.92. The number of hydrogen-bond donors (Lipinski definition) is 3. The van der Waals surface area contributed by atoms with Crippen molar-refractivity contribution in [3.05, 3.63) is 82.7 Å². The van der Waals surface area contributed by atoms with Crippen molar-refractivity contribution < 1.29 is 39.0 Å². The van der Waals surface area contributed by atoms with Gasteiger partial charge in [0.2, 0.25) is 0 Å². The Kier molecular flexibility index (Phi) is 7.34. The summed E-state index contributed by atoms with van der Waals surface area (Å²) in [6.45, 7) is 0. The van der Waals surface area contributed by atoms with Gasteiger partial charge >= 0.3 is 11.8 Å². The van der Waals surface area contributed by atoms with Gasteiger partial charge in [-0.2, -0.15) is 21.6 Å². The summed E-state index contributed by atoms with van der Waals surface area (Å²) in [6, 6.07) is 11.8. The number of para-hydroxylation sites is 1. The van der Waals surface area contributed by atoms with Crippen molar-refractivity contribution in [3.8, 4) is 11.1 Å². The molecule has 9 nitrogen and oxygen atoms in total. The summed E-state index contributed by atoms with van der Waals surface area (Å²) in [5.41, 5.74) is 2.71. The van der Waals surface area contributed by atoms with Crippen LogP contribution in [-0.4, -0.2) is 21.4 Å². The SMILES string of the molecule is Cl.Nc1ccc(S(=O)(=O)O)c(-c2cccc3cc(NS(=O)(=O)c4cccc(C(F)(F)F)c4)c(=O)oc23)c1. The van der Waals surface area contributed by atoms with Gasteiger partial charge in [0.15, 0.2) is 0 Å². The van der Waals surface area contributed by atoms with Crippen molar-refractivity contribution in [1.29, 1.82) is 0 Å². The lowest BCUT2D eigenvalue weighted by Crippen LogP contribution is -2.19. The number of nitrogen functional groups attached to an aromatic ring is 1. The molecule has 0 radical (unpaired) electrons. The van der Waals surface area contributed by atoms with Crippen LogP contribution in [0.1, 0.15) is 5.56 Å². The van der Waals surface area contributed by atoms with Crippen molar-refractivity contribution in [2.24, 2.45) is 0 Å². The highest BCUT2D eigenvalue weighted by Gasteiger charge is 2.32. The van der Waals surface area contributed by atoms with Crippen molar-refractivity contribution in [1.82, 2.24) is 0 Å². The molecular weight excluding hydrogens is 561 g/mol. The second-order valence-electron chi connectivity index (χ2n) is 7.53. The van der Waals surface area contributed by atoms with Crippen LogP contribution in [0.5, 0.6) is 0 Å². The van der Waals surface area contributed by atoms with E-state index in [0.29, 0.717) is 12.1 Å². The minimum absolute atomic E-state index is 0. The van der Waals surface area contributed by atoms with Crippen LogP contribution in [0.3, 0.4) is 0 Å². The van der Waals surface area contributed by atoms with Crippen LogP contribution < -0.4 is 16.1 Å². The zero-order valence-electron chi connectivity index (χ0n) is 18.2. The first-order valence-electron chi connectivity index (χ1n) is 9.81. The summed E-state index contributed by atoms with van der Waals surface area (Å²) in [4.78, 5) is 11.4. The molecule has 1 aromatic heterocycles. The van der Waals surface area contributed by atoms with Gasteiger partial charge in [0.1, 0.15) is 16.2 Å². The van der Waals surface area contributed by atoms with Crippen molar-refractivity contribution in [2.45, 2.75) is 16.0 Å². The Morgan fingerprint density at radius 1 is 0.892 bits per heavy atom. The molecule has 15 heteroatoms. The van der Waals surface area contributed by atoms with E-state index in [9.17, 15) is 39.4 Å². The topological polar surface area (TPSA) is 157 Å². The molecule has 0 aliphatic rings. The molecule has 4 aromatic rings. The fourth-order valence-electron chi connectivity index (χ4n) is 3.45. The molecule has 0 fully saturated rings. The fraction of sp³-hybridized carbons (Fsp3) is 0.0455. The van der Waals surface area contributed by atoms with Gasteiger partial charge in [-0.3, -0.25) is 9.27 Å². The first-order valence-corrected chi connectivity index (χ1v) is 12.7. The van der Waals surface area contributed by atoms with Gasteiger partial charge in [0.05, 0.1) is 10.5 Å². The third-order valence-corrected chi connectivity index (χ3v) is 7.32. The molecule has 4 N–H and O–H groups in total. The van der Waals surface area contributed by atoms with Crippen LogP contribution >= 0.6 is 12.4 Å². The monoisotopic (exact) mass is 576 g/mol. The minimum Gasteiger partial charge on any atom is -0.421 e. The van der Waals surface area contributed by atoms with E-state index >= 15 is 0 Å². The molecule has 0 aliphatic carbocycles. The molecule has 196 valence electrons. The van der Waals surface area contributed by atoms with Crippen LogP contribution in [0.15, 0.2) is 85.7 Å². The lowest BCUT2D eigenvalue weighted by atomic mass is 10.0. The van der Waals surface area contributed by atoms with E-state index < -0.39 is 53.0 Å². The van der Waals surface area contributed by atoms with Crippen molar-refractivity contribution >= 4 is 54.9 Å². The Bertz CT molecular complexity index is 1790. The standard InChI is InChI=1S/C22H15F3N2O7S2.ClH/c23-22(24,25)13-4-2-5-15(10-13)35(29,30)27-18-9-12-3-1-6-16(20(12)34-21(18)28)17-11-14(26)7-8-19(17)36(31,32)33;/h1-11,27H,26H2,(H,31,32,33);1H. The fourth-order valence-corrected chi connectivity index (χ4v) is 5.23. The van der Waals surface area contributed by atoms with E-state index in [1.54, 1.807) is 0 Å². The number of fused-ring (bicyclic) bond motifs is 1. The number of hydrogen-bond acceptors (Lipinski definition) is 7. The molecule has 4 rings (SSSR count). The van der Waals surface area contributed by atoms with E-state index in [0.717, 1.165) is 24.3 Å². The predicted octanol–water partition coefficient (Wildman–Crippen LogP) is 4.53. The zero-order valence-corrected chi connectivity index (χ0v) is 20.6. The van der Waals surface area contributed by atoms with Crippen molar-refractivity contribution in [2.75, 3.05) is 10.5 Å². The Hall–Kier alpha value is -3.59. The van der Waals surface area contributed by atoms with Gasteiger partial charge in [0.25, 0.3) is 20.1 Å². The summed E-state index contributed by atoms with van der Waals surface area (Å²) in [5, 5.41) is 0.137. The normalized spacial score (nSPS) is 12.2. The first kappa shape index (κ1) is 28.0. The van der Waals surface area contributed by atoms with E-state index in [2.05, 4.69) is 0 Å². The molecule has 0 atom stereocenters. The summed E-state index contributed by atoms with van der Waals surface area (Å²) in [7, 11) is -9.32. The molecule has 37 heavy (non-hydrogen) atoms. The average Bonchev–Trinajstić information content (AvgIpc) is 2.78. The van der Waals surface area contributed by atoms with E-state index in [1.165, 1.54) is 30.3 Å². The number of alkyl halides is 3. The third kappa shape index (κ3) is 5.72. The van der Waals surface area contributed by atoms with Gasteiger partial charge in [0, 0.05) is 22.2 Å². The molecule has 0 bridgehead atoms. The zero-order chi connectivity index (χ0) is 26.5. The summed E-state index contributed by atoms with van der Waals surface area (Å²) in [6.07, 6.45) is -4.79. The molecule has 0 unspecified atom stereocenters. The molecule has 0 saturated heterocycles. The number of halogens is 4. The highest BCUT2D eigenvalue weighted by Crippen LogP contribution is 2.35. The number of rotatable bonds is 5. The van der Waals surface area contributed by atoms with Gasteiger partial charge in [-0.15, -0.1) is 12.4 Å². The van der Waals surface area contributed by atoms with Crippen LogP contribution in [0.25, 0.3) is 22.1 Å². The van der Waals surface area contributed by atoms with Crippen LogP contribution in [0, 0.1) is 0 Å². The molecule has 0 aliphatic heterocycles. The quantitative estimate of drug-likeness (QED) is 0.178. The lowest BCUT2D eigenvalue weighted by molar-refractivity contribution is -0.137. The van der Waals surface area contributed by atoms with E-state index in [1.807, 2.05) is 4.72 Å². The molecule has 0 amide bonds. The largest absolute Gasteiger partial charge is 0.421 e. The van der Waals surface area contributed by atoms with Gasteiger partial charge in [-0.25, -0.2) is 13.2 Å². The summed E-state index contributed by atoms with van der Waals surface area (Å²) in [5.74, 6) is 0. The lowest BCUT2D eigenvalue weighted by Gasteiger charge is -2.12. The molecule has 0 spiro atoms. The van der Waals surface area contributed by atoms with Gasteiger partial charge < -0.3 is 10.2 Å². The number of nitrogens with one attached hydrogen (secondary N) is 1. The molecular formula is C22H16ClF3N2O7S2.